The van der Waals surface area contributed by atoms with Crippen molar-refractivity contribution in [1.29, 1.82) is 0 Å². The summed E-state index contributed by atoms with van der Waals surface area (Å²) in [6.45, 7) is 4.44. The van der Waals surface area contributed by atoms with Gasteiger partial charge in [-0.1, -0.05) is 31.2 Å². The summed E-state index contributed by atoms with van der Waals surface area (Å²) in [7, 11) is 0. The lowest BCUT2D eigenvalue weighted by Crippen LogP contribution is -2.11. The molecular weight excluding hydrogens is 182 g/mol. The molecule has 1 nitrogen and oxygen atoms in total. The zero-order chi connectivity index (χ0) is 10.7. The van der Waals surface area contributed by atoms with E-state index in [1.54, 1.807) is 0 Å². The van der Waals surface area contributed by atoms with Gasteiger partial charge in [0, 0.05) is 5.71 Å². The molecule has 0 aliphatic heterocycles. The number of nitrogens with zero attached hydrogens (tertiary/aromatic N) is 1. The van der Waals surface area contributed by atoms with Crippen molar-refractivity contribution in [3.05, 3.63) is 42.0 Å². The molecule has 0 saturated carbocycles. The molecule has 78 valence electrons. The van der Waals surface area contributed by atoms with Crippen molar-refractivity contribution in [1.82, 2.24) is 0 Å². The Kier molecular flexibility index (Phi) is 3.00. The summed E-state index contributed by atoms with van der Waals surface area (Å²) >= 11 is 0. The first-order valence-electron chi connectivity index (χ1n) is 5.55. The Morgan fingerprint density at radius 2 is 1.93 bits per heavy atom. The minimum Gasteiger partial charge on any atom is -0.253 e. The number of para-hydroxylation sites is 1. The summed E-state index contributed by atoms with van der Waals surface area (Å²) in [6.07, 6.45) is 4.60. The normalized spacial score (nSPS) is 24.0. The van der Waals surface area contributed by atoms with Gasteiger partial charge in [-0.15, -0.1) is 0 Å². The van der Waals surface area contributed by atoms with Crippen LogP contribution >= 0.6 is 0 Å². The van der Waals surface area contributed by atoms with Crippen LogP contribution in [0.4, 0.5) is 5.69 Å². The molecule has 0 bridgehead atoms. The molecule has 0 amide bonds. The van der Waals surface area contributed by atoms with Crippen LogP contribution in [0.2, 0.25) is 0 Å². The Hall–Kier alpha value is -1.37. The quantitative estimate of drug-likeness (QED) is 0.644. The van der Waals surface area contributed by atoms with E-state index in [0.717, 1.165) is 18.0 Å². The summed E-state index contributed by atoms with van der Waals surface area (Å²) in [5.74, 6) is 0.733. The fourth-order valence-corrected chi connectivity index (χ4v) is 1.86. The molecule has 15 heavy (non-hydrogen) atoms. The number of benzene rings is 1. The van der Waals surface area contributed by atoms with E-state index in [2.05, 4.69) is 32.1 Å². The molecule has 0 N–H and O–H groups in total. The largest absolute Gasteiger partial charge is 0.253 e. The van der Waals surface area contributed by atoms with Gasteiger partial charge in [-0.2, -0.15) is 0 Å². The van der Waals surface area contributed by atoms with E-state index >= 15 is 0 Å². The van der Waals surface area contributed by atoms with Gasteiger partial charge in [0.1, 0.15) is 0 Å². The Labute approximate surface area is 91.6 Å². The third-order valence-electron chi connectivity index (χ3n) is 2.84. The average molecular weight is 199 g/mol. The number of aliphatic imine (C=N–C) groups is 1. The first kappa shape index (κ1) is 10.2. The van der Waals surface area contributed by atoms with Crippen LogP contribution in [0.3, 0.4) is 0 Å². The number of hydrogen-bond donors (Lipinski definition) is 0. The standard InChI is InChI=1S/C14H17N/c1-11-8-9-12(2)14(10-11)15-13-6-4-3-5-7-13/h3-7,9,11H,8,10H2,1-2H3. The summed E-state index contributed by atoms with van der Waals surface area (Å²) in [6, 6.07) is 10.2. The zero-order valence-corrected chi connectivity index (χ0v) is 9.40. The highest BCUT2D eigenvalue weighted by Gasteiger charge is 2.13. The van der Waals surface area contributed by atoms with Gasteiger partial charge in [0.05, 0.1) is 5.69 Å². The van der Waals surface area contributed by atoms with E-state index in [0.29, 0.717) is 0 Å². The van der Waals surface area contributed by atoms with Gasteiger partial charge in [-0.05, 0) is 43.4 Å². The monoisotopic (exact) mass is 199 g/mol. The molecular formula is C14H17N. The molecule has 0 aromatic heterocycles. The average Bonchev–Trinajstić information content (AvgIpc) is 2.25. The zero-order valence-electron chi connectivity index (χ0n) is 9.40. The minimum absolute atomic E-state index is 0.733. The molecule has 0 heterocycles. The van der Waals surface area contributed by atoms with Gasteiger partial charge < -0.3 is 0 Å². The van der Waals surface area contributed by atoms with Crippen LogP contribution in [0.25, 0.3) is 0 Å². The SMILES string of the molecule is CC1=CCC(C)CC1=Nc1ccccc1. The van der Waals surface area contributed by atoms with E-state index in [1.807, 2.05) is 18.2 Å². The fraction of sp³-hybridized carbons (Fsp3) is 0.357. The topological polar surface area (TPSA) is 12.4 Å². The van der Waals surface area contributed by atoms with Gasteiger partial charge in [0.15, 0.2) is 0 Å². The molecule has 1 heteroatoms. The first-order valence-corrected chi connectivity index (χ1v) is 5.55. The maximum absolute atomic E-state index is 4.70. The van der Waals surface area contributed by atoms with Gasteiger partial charge in [0.25, 0.3) is 0 Å². The van der Waals surface area contributed by atoms with Crippen molar-refractivity contribution in [2.24, 2.45) is 10.9 Å². The summed E-state index contributed by atoms with van der Waals surface area (Å²) < 4.78 is 0. The second kappa shape index (κ2) is 4.43. The van der Waals surface area contributed by atoms with Crippen LogP contribution in [-0.4, -0.2) is 5.71 Å². The van der Waals surface area contributed by atoms with E-state index in [9.17, 15) is 0 Å². The molecule has 1 atom stereocenters. The van der Waals surface area contributed by atoms with Crippen molar-refractivity contribution in [2.45, 2.75) is 26.7 Å². The minimum atomic E-state index is 0.733. The molecule has 0 saturated heterocycles. The Bertz CT molecular complexity index is 387. The highest BCUT2D eigenvalue weighted by Crippen LogP contribution is 2.23. The van der Waals surface area contributed by atoms with Gasteiger partial charge >= 0.3 is 0 Å². The molecule has 1 unspecified atom stereocenters. The van der Waals surface area contributed by atoms with Crippen LogP contribution in [0.1, 0.15) is 26.7 Å². The Balaban J connectivity index is 2.27. The smallest absolute Gasteiger partial charge is 0.0633 e. The Morgan fingerprint density at radius 3 is 2.67 bits per heavy atom. The third kappa shape index (κ3) is 2.56. The van der Waals surface area contributed by atoms with Crippen molar-refractivity contribution in [3.8, 4) is 0 Å². The maximum atomic E-state index is 4.70. The van der Waals surface area contributed by atoms with Crippen molar-refractivity contribution < 1.29 is 0 Å². The molecule has 1 aromatic carbocycles. The number of allylic oxidation sites excluding steroid dienone is 2. The number of hydrogen-bond acceptors (Lipinski definition) is 1. The number of rotatable bonds is 1. The lowest BCUT2D eigenvalue weighted by Gasteiger charge is -2.18. The third-order valence-corrected chi connectivity index (χ3v) is 2.84. The van der Waals surface area contributed by atoms with Gasteiger partial charge in [-0.3, -0.25) is 4.99 Å². The lowest BCUT2D eigenvalue weighted by atomic mass is 9.90. The van der Waals surface area contributed by atoms with Gasteiger partial charge in [-0.25, -0.2) is 0 Å². The maximum Gasteiger partial charge on any atom is 0.0633 e. The van der Waals surface area contributed by atoms with Crippen LogP contribution in [0.5, 0.6) is 0 Å². The van der Waals surface area contributed by atoms with Crippen LogP contribution in [0.15, 0.2) is 47.0 Å². The molecule has 0 fully saturated rings. The molecule has 1 aromatic rings. The summed E-state index contributed by atoms with van der Waals surface area (Å²) in [5, 5.41) is 0. The van der Waals surface area contributed by atoms with E-state index in [4.69, 9.17) is 4.99 Å². The van der Waals surface area contributed by atoms with Crippen molar-refractivity contribution in [3.63, 3.8) is 0 Å². The molecule has 1 aliphatic rings. The predicted octanol–water partition coefficient (Wildman–Crippen LogP) is 4.14. The molecule has 0 radical (unpaired) electrons. The Morgan fingerprint density at radius 1 is 1.20 bits per heavy atom. The molecule has 1 aliphatic carbocycles. The lowest BCUT2D eigenvalue weighted by molar-refractivity contribution is 0.607. The van der Waals surface area contributed by atoms with Crippen molar-refractivity contribution in [2.75, 3.05) is 0 Å². The second-order valence-corrected chi connectivity index (χ2v) is 4.33. The van der Waals surface area contributed by atoms with E-state index < -0.39 is 0 Å². The highest BCUT2D eigenvalue weighted by molar-refractivity contribution is 6.01. The summed E-state index contributed by atoms with van der Waals surface area (Å²) in [5.41, 5.74) is 3.66. The van der Waals surface area contributed by atoms with Crippen LogP contribution in [-0.2, 0) is 0 Å². The van der Waals surface area contributed by atoms with Crippen molar-refractivity contribution >= 4 is 11.4 Å². The second-order valence-electron chi connectivity index (χ2n) is 4.33. The molecule has 2 rings (SSSR count). The predicted molar refractivity (Wildman–Crippen MR) is 65.7 cm³/mol. The van der Waals surface area contributed by atoms with E-state index in [1.165, 1.54) is 17.7 Å². The van der Waals surface area contributed by atoms with E-state index in [-0.39, 0.29) is 0 Å². The first-order chi connectivity index (χ1) is 7.25. The fourth-order valence-electron chi connectivity index (χ4n) is 1.86. The van der Waals surface area contributed by atoms with Gasteiger partial charge in [0.2, 0.25) is 0 Å². The highest BCUT2D eigenvalue weighted by atomic mass is 14.7. The van der Waals surface area contributed by atoms with Crippen LogP contribution in [0, 0.1) is 5.92 Å². The molecule has 0 spiro atoms. The van der Waals surface area contributed by atoms with Crippen LogP contribution < -0.4 is 0 Å². The summed E-state index contributed by atoms with van der Waals surface area (Å²) in [4.78, 5) is 4.70.